The van der Waals surface area contributed by atoms with Crippen LogP contribution in [0.15, 0.2) is 60.3 Å². The summed E-state index contributed by atoms with van der Waals surface area (Å²) in [7, 11) is 3.71. The summed E-state index contributed by atoms with van der Waals surface area (Å²) in [4.78, 5) is 26.9. The summed E-state index contributed by atoms with van der Waals surface area (Å²) < 4.78 is 11.2. The van der Waals surface area contributed by atoms with Gasteiger partial charge in [0, 0.05) is 20.3 Å². The summed E-state index contributed by atoms with van der Waals surface area (Å²) in [5, 5.41) is 0. The highest BCUT2D eigenvalue weighted by atomic mass is 16.5. The van der Waals surface area contributed by atoms with Crippen molar-refractivity contribution in [1.29, 1.82) is 0 Å². The molecule has 134 valence electrons. The molecule has 1 aliphatic rings. The molecule has 0 saturated heterocycles. The summed E-state index contributed by atoms with van der Waals surface area (Å²) >= 11 is 0. The maximum Gasteiger partial charge on any atom is 0.338 e. The van der Waals surface area contributed by atoms with Gasteiger partial charge in [0.2, 0.25) is 0 Å². The zero-order valence-corrected chi connectivity index (χ0v) is 15.1. The first-order chi connectivity index (χ1) is 12.5. The van der Waals surface area contributed by atoms with Gasteiger partial charge in [-0.1, -0.05) is 30.3 Å². The molecule has 0 aliphatic carbocycles. The van der Waals surface area contributed by atoms with Crippen molar-refractivity contribution in [2.75, 3.05) is 20.7 Å². The second-order valence-electron chi connectivity index (χ2n) is 6.22. The van der Waals surface area contributed by atoms with Crippen molar-refractivity contribution in [3.05, 3.63) is 77.0 Å². The molecule has 0 saturated carbocycles. The number of carbonyl (C=O) groups excluding carboxylic acids is 2. The van der Waals surface area contributed by atoms with Crippen molar-refractivity contribution in [3.8, 4) is 5.75 Å². The number of nitrogens with zero attached hydrogens (tertiary/aromatic N) is 1. The number of ketones is 1. The summed E-state index contributed by atoms with van der Waals surface area (Å²) in [6.07, 6.45) is 1.27. The molecular formula is C21H21NO4. The van der Waals surface area contributed by atoms with Crippen molar-refractivity contribution in [3.63, 3.8) is 0 Å². The number of hydrogen-bond acceptors (Lipinski definition) is 5. The smallest absolute Gasteiger partial charge is 0.338 e. The summed E-state index contributed by atoms with van der Waals surface area (Å²) in [6.45, 7) is 2.02. The number of benzene rings is 2. The van der Waals surface area contributed by atoms with Crippen LogP contribution in [0.5, 0.6) is 5.75 Å². The first-order valence-corrected chi connectivity index (χ1v) is 8.47. The van der Waals surface area contributed by atoms with Gasteiger partial charge < -0.3 is 14.4 Å². The van der Waals surface area contributed by atoms with Crippen LogP contribution in [0.3, 0.4) is 0 Å². The molecule has 5 nitrogen and oxygen atoms in total. The van der Waals surface area contributed by atoms with Crippen LogP contribution in [0.4, 0.5) is 0 Å². The van der Waals surface area contributed by atoms with E-state index in [1.54, 1.807) is 31.3 Å². The van der Waals surface area contributed by atoms with Gasteiger partial charge in [0.25, 0.3) is 0 Å². The van der Waals surface area contributed by atoms with Crippen molar-refractivity contribution in [1.82, 2.24) is 4.90 Å². The minimum atomic E-state index is -0.493. The first-order valence-electron chi connectivity index (χ1n) is 8.47. The van der Waals surface area contributed by atoms with E-state index in [9.17, 15) is 9.59 Å². The van der Waals surface area contributed by atoms with Gasteiger partial charge in [0.15, 0.2) is 11.9 Å². The summed E-state index contributed by atoms with van der Waals surface area (Å²) in [5.74, 6) is -0.140. The van der Waals surface area contributed by atoms with Crippen LogP contribution in [0.2, 0.25) is 0 Å². The molecule has 1 atom stereocenters. The second kappa shape index (κ2) is 7.44. The van der Waals surface area contributed by atoms with E-state index in [-0.39, 0.29) is 12.4 Å². The Balaban J connectivity index is 2.07. The molecule has 26 heavy (non-hydrogen) atoms. The van der Waals surface area contributed by atoms with E-state index in [1.807, 2.05) is 49.3 Å². The van der Waals surface area contributed by atoms with E-state index >= 15 is 0 Å². The number of carbonyl (C=O) groups is 2. The van der Waals surface area contributed by atoms with E-state index in [1.165, 1.54) is 0 Å². The topological polar surface area (TPSA) is 55.8 Å². The van der Waals surface area contributed by atoms with Crippen LogP contribution in [0, 0.1) is 0 Å². The Kier molecular flexibility index (Phi) is 5.07. The minimum absolute atomic E-state index is 0.153. The molecule has 1 heterocycles. The number of rotatable bonds is 4. The lowest BCUT2D eigenvalue weighted by atomic mass is 9.90. The second-order valence-corrected chi connectivity index (χ2v) is 6.22. The van der Waals surface area contributed by atoms with Gasteiger partial charge >= 0.3 is 5.97 Å². The molecular weight excluding hydrogens is 330 g/mol. The highest BCUT2D eigenvalue weighted by molar-refractivity contribution is 6.13. The lowest BCUT2D eigenvalue weighted by molar-refractivity contribution is 0.0526. The van der Waals surface area contributed by atoms with Gasteiger partial charge in [-0.25, -0.2) is 4.79 Å². The summed E-state index contributed by atoms with van der Waals surface area (Å²) in [6, 6.07) is 14.4. The summed E-state index contributed by atoms with van der Waals surface area (Å²) in [5.41, 5.74) is 2.13. The van der Waals surface area contributed by atoms with Gasteiger partial charge in [0.1, 0.15) is 5.75 Å². The van der Waals surface area contributed by atoms with Gasteiger partial charge in [-0.15, -0.1) is 0 Å². The molecule has 0 bridgehead atoms. The molecule has 0 aromatic heterocycles. The van der Waals surface area contributed by atoms with Crippen molar-refractivity contribution in [2.45, 2.75) is 13.0 Å². The number of hydrogen-bond donors (Lipinski definition) is 0. The highest BCUT2D eigenvalue weighted by Crippen LogP contribution is 2.38. The first kappa shape index (κ1) is 17.7. The molecule has 1 aliphatic heterocycles. The predicted molar refractivity (Wildman–Crippen MR) is 98.3 cm³/mol. The Morgan fingerprint density at radius 1 is 1.19 bits per heavy atom. The largest absolute Gasteiger partial charge is 0.480 e. The predicted octanol–water partition coefficient (Wildman–Crippen LogP) is 3.63. The lowest BCUT2D eigenvalue weighted by Crippen LogP contribution is -2.26. The number of fused-ring (bicyclic) bond motifs is 1. The number of esters is 1. The van der Waals surface area contributed by atoms with E-state index in [0.29, 0.717) is 22.4 Å². The van der Waals surface area contributed by atoms with Crippen LogP contribution in [0.1, 0.15) is 39.3 Å². The Hall–Kier alpha value is -3.08. The van der Waals surface area contributed by atoms with E-state index in [2.05, 4.69) is 0 Å². The molecule has 2 aromatic rings. The van der Waals surface area contributed by atoms with Crippen LogP contribution in [-0.4, -0.2) is 37.4 Å². The average Bonchev–Trinajstić information content (AvgIpc) is 2.64. The molecule has 3 rings (SSSR count). The molecule has 0 fully saturated rings. The van der Waals surface area contributed by atoms with Gasteiger partial charge in [-0.05, 0) is 30.7 Å². The Morgan fingerprint density at radius 2 is 1.92 bits per heavy atom. The fourth-order valence-electron chi connectivity index (χ4n) is 2.90. The molecule has 0 radical (unpaired) electrons. The SMILES string of the molecule is CCOC(=O)c1ccc2c(c1)C(=O)C(=CN(C)C)C(c1ccccc1)O2. The normalized spacial score (nSPS) is 17.4. The maximum absolute atomic E-state index is 13.1. The molecule has 5 heteroatoms. The van der Waals surface area contributed by atoms with Gasteiger partial charge in [-0.2, -0.15) is 0 Å². The number of Topliss-reactive ketones (excluding diaryl/α,β-unsaturated/α-hetero) is 1. The average molecular weight is 351 g/mol. The van der Waals surface area contributed by atoms with Gasteiger partial charge in [-0.3, -0.25) is 4.79 Å². The zero-order valence-electron chi connectivity index (χ0n) is 15.1. The quantitative estimate of drug-likeness (QED) is 0.622. The Labute approximate surface area is 152 Å². The fourth-order valence-corrected chi connectivity index (χ4v) is 2.90. The number of ether oxygens (including phenoxy) is 2. The fraction of sp³-hybridized carbons (Fsp3) is 0.238. The molecule has 2 aromatic carbocycles. The third-order valence-electron chi connectivity index (χ3n) is 4.02. The highest BCUT2D eigenvalue weighted by Gasteiger charge is 2.33. The monoisotopic (exact) mass is 351 g/mol. The molecule has 0 amide bonds. The Bertz CT molecular complexity index is 856. The molecule has 0 spiro atoms. The van der Waals surface area contributed by atoms with Crippen LogP contribution < -0.4 is 4.74 Å². The zero-order chi connectivity index (χ0) is 18.7. The van der Waals surface area contributed by atoms with Crippen LogP contribution in [0.25, 0.3) is 0 Å². The third kappa shape index (κ3) is 3.47. The standard InChI is InChI=1S/C21H21NO4/c1-4-25-21(24)15-10-11-18-16(12-15)19(23)17(13-22(2)3)20(26-18)14-8-6-5-7-9-14/h5-13,20H,4H2,1-3H3. The Morgan fingerprint density at radius 3 is 2.58 bits per heavy atom. The molecule has 0 N–H and O–H groups in total. The third-order valence-corrected chi connectivity index (χ3v) is 4.02. The minimum Gasteiger partial charge on any atom is -0.480 e. The van der Waals surface area contributed by atoms with Gasteiger partial charge in [0.05, 0.1) is 23.3 Å². The van der Waals surface area contributed by atoms with E-state index in [0.717, 1.165) is 5.56 Å². The van der Waals surface area contributed by atoms with Crippen molar-refractivity contribution < 1.29 is 19.1 Å². The van der Waals surface area contributed by atoms with Crippen molar-refractivity contribution >= 4 is 11.8 Å². The van der Waals surface area contributed by atoms with Crippen LogP contribution >= 0.6 is 0 Å². The molecule has 1 unspecified atom stereocenters. The van der Waals surface area contributed by atoms with Crippen LogP contribution in [-0.2, 0) is 4.74 Å². The lowest BCUT2D eigenvalue weighted by Gasteiger charge is -2.29. The van der Waals surface area contributed by atoms with E-state index in [4.69, 9.17) is 9.47 Å². The van der Waals surface area contributed by atoms with Crippen molar-refractivity contribution in [2.24, 2.45) is 0 Å². The maximum atomic E-state index is 13.1. The van der Waals surface area contributed by atoms with E-state index < -0.39 is 12.1 Å².